The van der Waals surface area contributed by atoms with E-state index in [1.54, 1.807) is 0 Å². The van der Waals surface area contributed by atoms with Crippen LogP contribution in [-0.4, -0.2) is 15.5 Å². The van der Waals surface area contributed by atoms with Gasteiger partial charge in [0.05, 0.1) is 11.6 Å². The summed E-state index contributed by atoms with van der Waals surface area (Å²) in [5.74, 6) is 0.421. The number of benzene rings is 1. The fourth-order valence-corrected chi connectivity index (χ4v) is 2.96. The molecule has 0 amide bonds. The minimum Gasteiger partial charge on any atom is -0.496 e. The number of rotatable bonds is 2. The van der Waals surface area contributed by atoms with Gasteiger partial charge in [-0.1, -0.05) is 0 Å². The summed E-state index contributed by atoms with van der Waals surface area (Å²) in [5, 5.41) is 0. The summed E-state index contributed by atoms with van der Waals surface area (Å²) >= 11 is 5.99. The molecule has 14 heavy (non-hydrogen) atoms. The van der Waals surface area contributed by atoms with Crippen LogP contribution in [0.1, 0.15) is 0 Å². The first-order valence-corrected chi connectivity index (χ1v) is 6.31. The van der Waals surface area contributed by atoms with Gasteiger partial charge in [-0.2, -0.15) is 8.42 Å². The van der Waals surface area contributed by atoms with E-state index in [0.717, 1.165) is 6.07 Å². The van der Waals surface area contributed by atoms with Gasteiger partial charge in [0.1, 0.15) is 10.6 Å². The third kappa shape index (κ3) is 2.46. The van der Waals surface area contributed by atoms with Crippen molar-refractivity contribution in [3.05, 3.63) is 21.1 Å². The molecular formula is C7H5Br2FO3S. The van der Waals surface area contributed by atoms with Crippen molar-refractivity contribution in [3.63, 3.8) is 0 Å². The van der Waals surface area contributed by atoms with Gasteiger partial charge in [-0.3, -0.25) is 0 Å². The molecule has 0 atom stereocenters. The van der Waals surface area contributed by atoms with Gasteiger partial charge in [0.2, 0.25) is 0 Å². The molecule has 0 heterocycles. The highest BCUT2D eigenvalue weighted by Crippen LogP contribution is 2.34. The van der Waals surface area contributed by atoms with Gasteiger partial charge in [-0.15, -0.1) is 3.89 Å². The van der Waals surface area contributed by atoms with Crippen molar-refractivity contribution in [2.75, 3.05) is 7.11 Å². The van der Waals surface area contributed by atoms with Crippen LogP contribution in [0.2, 0.25) is 0 Å². The molecule has 78 valence electrons. The summed E-state index contributed by atoms with van der Waals surface area (Å²) in [7, 11) is -3.29. The summed E-state index contributed by atoms with van der Waals surface area (Å²) in [6, 6.07) is 2.51. The van der Waals surface area contributed by atoms with Crippen LogP contribution in [0.5, 0.6) is 5.75 Å². The van der Waals surface area contributed by atoms with Crippen LogP contribution in [0.3, 0.4) is 0 Å². The molecule has 1 aromatic rings. The zero-order valence-electron chi connectivity index (χ0n) is 6.92. The first-order chi connectivity index (χ1) is 6.36. The van der Waals surface area contributed by atoms with E-state index in [1.807, 2.05) is 0 Å². The number of methoxy groups -OCH3 is 1. The standard InChI is InChI=1S/C7H5Br2FO3S/c1-13-6-2-5(9)7(3-4(6)8)14(10,11)12/h2-3H,1H3. The molecule has 0 fully saturated rings. The van der Waals surface area contributed by atoms with Gasteiger partial charge < -0.3 is 4.74 Å². The highest BCUT2D eigenvalue weighted by Gasteiger charge is 2.18. The lowest BCUT2D eigenvalue weighted by Crippen LogP contribution is -1.95. The topological polar surface area (TPSA) is 43.4 Å². The highest BCUT2D eigenvalue weighted by atomic mass is 79.9. The number of halogens is 3. The zero-order chi connectivity index (χ0) is 10.9. The lowest BCUT2D eigenvalue weighted by atomic mass is 10.3. The van der Waals surface area contributed by atoms with Crippen molar-refractivity contribution in [1.82, 2.24) is 0 Å². The van der Waals surface area contributed by atoms with Gasteiger partial charge in [0, 0.05) is 4.47 Å². The van der Waals surface area contributed by atoms with Crippen LogP contribution in [0, 0.1) is 0 Å². The third-order valence-electron chi connectivity index (χ3n) is 1.47. The normalized spacial score (nSPS) is 11.4. The van der Waals surface area contributed by atoms with Crippen molar-refractivity contribution >= 4 is 42.1 Å². The SMILES string of the molecule is COc1cc(Br)c(S(=O)(=O)F)cc1Br. The molecule has 0 aliphatic rings. The van der Waals surface area contributed by atoms with Gasteiger partial charge >= 0.3 is 10.2 Å². The van der Waals surface area contributed by atoms with E-state index in [-0.39, 0.29) is 4.47 Å². The Morgan fingerprint density at radius 3 is 2.29 bits per heavy atom. The maximum absolute atomic E-state index is 12.7. The van der Waals surface area contributed by atoms with E-state index in [0.29, 0.717) is 10.2 Å². The molecule has 0 aliphatic heterocycles. The molecular weight excluding hydrogens is 343 g/mol. The van der Waals surface area contributed by atoms with E-state index >= 15 is 0 Å². The molecule has 0 spiro atoms. The van der Waals surface area contributed by atoms with E-state index in [4.69, 9.17) is 4.74 Å². The molecule has 1 rings (SSSR count). The molecule has 0 saturated carbocycles. The predicted molar refractivity (Wildman–Crippen MR) is 56.7 cm³/mol. The van der Waals surface area contributed by atoms with E-state index in [2.05, 4.69) is 31.9 Å². The molecule has 0 aromatic heterocycles. The summed E-state index contributed by atoms with van der Waals surface area (Å²) in [4.78, 5) is -0.426. The predicted octanol–water partition coefficient (Wildman–Crippen LogP) is 2.88. The maximum atomic E-state index is 12.7. The van der Waals surface area contributed by atoms with Crippen LogP contribution in [0.4, 0.5) is 3.89 Å². The fraction of sp³-hybridized carbons (Fsp3) is 0.143. The first kappa shape index (κ1) is 11.9. The summed E-state index contributed by atoms with van der Waals surface area (Å²) in [6.07, 6.45) is 0. The van der Waals surface area contributed by atoms with Crippen LogP contribution >= 0.6 is 31.9 Å². The Morgan fingerprint density at radius 1 is 1.29 bits per heavy atom. The Labute approximate surface area is 97.7 Å². The second kappa shape index (κ2) is 4.16. The molecule has 3 nitrogen and oxygen atoms in total. The van der Waals surface area contributed by atoms with Crippen molar-refractivity contribution in [1.29, 1.82) is 0 Å². The van der Waals surface area contributed by atoms with E-state index < -0.39 is 15.1 Å². The first-order valence-electron chi connectivity index (χ1n) is 3.34. The van der Waals surface area contributed by atoms with Gasteiger partial charge in [0.25, 0.3) is 0 Å². The lowest BCUT2D eigenvalue weighted by molar-refractivity contribution is 0.411. The summed E-state index contributed by atoms with van der Waals surface area (Å²) in [5.41, 5.74) is 0. The molecule has 7 heteroatoms. The van der Waals surface area contributed by atoms with Gasteiger partial charge in [-0.25, -0.2) is 0 Å². The van der Waals surface area contributed by atoms with Crippen molar-refractivity contribution in [2.45, 2.75) is 4.90 Å². The lowest BCUT2D eigenvalue weighted by Gasteiger charge is -2.05. The molecule has 0 unspecified atom stereocenters. The number of hydrogen-bond acceptors (Lipinski definition) is 3. The Balaban J connectivity index is 3.44. The molecule has 0 radical (unpaired) electrons. The Morgan fingerprint density at radius 2 is 1.86 bits per heavy atom. The van der Waals surface area contributed by atoms with Crippen LogP contribution in [0.25, 0.3) is 0 Å². The molecule has 0 aliphatic carbocycles. The monoisotopic (exact) mass is 346 g/mol. The third-order valence-corrected chi connectivity index (χ3v) is 3.87. The van der Waals surface area contributed by atoms with Crippen molar-refractivity contribution in [2.24, 2.45) is 0 Å². The number of ether oxygens (including phenoxy) is 1. The second-order valence-electron chi connectivity index (χ2n) is 2.36. The average molecular weight is 348 g/mol. The average Bonchev–Trinajstić information content (AvgIpc) is 2.06. The zero-order valence-corrected chi connectivity index (χ0v) is 10.9. The molecule has 0 N–H and O–H groups in total. The molecule has 0 bridgehead atoms. The van der Waals surface area contributed by atoms with Crippen LogP contribution < -0.4 is 4.74 Å². The highest BCUT2D eigenvalue weighted by molar-refractivity contribution is 9.11. The largest absolute Gasteiger partial charge is 0.496 e. The minimum atomic E-state index is -4.71. The smallest absolute Gasteiger partial charge is 0.333 e. The Hall–Kier alpha value is -0.140. The second-order valence-corrected chi connectivity index (χ2v) is 5.38. The molecule has 1 aromatic carbocycles. The van der Waals surface area contributed by atoms with Crippen LogP contribution in [-0.2, 0) is 10.2 Å². The minimum absolute atomic E-state index is 0.125. The van der Waals surface area contributed by atoms with E-state index in [9.17, 15) is 12.3 Å². The quantitative estimate of drug-likeness (QED) is 0.772. The Kier molecular flexibility index (Phi) is 3.54. The Bertz CT molecular complexity index is 458. The van der Waals surface area contributed by atoms with Crippen molar-refractivity contribution < 1.29 is 17.0 Å². The maximum Gasteiger partial charge on any atom is 0.333 e. The molecule has 0 saturated heterocycles. The fourth-order valence-electron chi connectivity index (χ4n) is 0.854. The van der Waals surface area contributed by atoms with Crippen molar-refractivity contribution in [3.8, 4) is 5.75 Å². The van der Waals surface area contributed by atoms with Crippen LogP contribution in [0.15, 0.2) is 26.0 Å². The van der Waals surface area contributed by atoms with E-state index in [1.165, 1.54) is 13.2 Å². The summed E-state index contributed by atoms with van der Waals surface area (Å²) < 4.78 is 39.4. The number of hydrogen-bond donors (Lipinski definition) is 0. The van der Waals surface area contributed by atoms with Gasteiger partial charge in [0.15, 0.2) is 0 Å². The van der Waals surface area contributed by atoms with Gasteiger partial charge in [-0.05, 0) is 44.0 Å². The summed E-state index contributed by atoms with van der Waals surface area (Å²) in [6.45, 7) is 0.